The SMILES string of the molecule is C=CC(=O)N(Cc1sc(C)cc1Br)[C@@H]1CCC[C@H]1O. The summed E-state index contributed by atoms with van der Waals surface area (Å²) < 4.78 is 1.03. The number of thiophene rings is 1. The number of rotatable bonds is 4. The Hall–Kier alpha value is -0.650. The van der Waals surface area contributed by atoms with Gasteiger partial charge in [0.15, 0.2) is 0 Å². The molecule has 1 saturated carbocycles. The number of hydrogen-bond acceptors (Lipinski definition) is 3. The summed E-state index contributed by atoms with van der Waals surface area (Å²) in [7, 11) is 0. The fourth-order valence-corrected chi connectivity index (χ4v) is 4.34. The van der Waals surface area contributed by atoms with Crippen molar-refractivity contribution in [2.45, 2.75) is 44.9 Å². The molecule has 2 atom stereocenters. The maximum Gasteiger partial charge on any atom is 0.246 e. The van der Waals surface area contributed by atoms with Gasteiger partial charge in [0.2, 0.25) is 5.91 Å². The lowest BCUT2D eigenvalue weighted by atomic mass is 10.1. The van der Waals surface area contributed by atoms with Gasteiger partial charge in [-0.25, -0.2) is 0 Å². The molecule has 1 amide bonds. The molecule has 0 bridgehead atoms. The van der Waals surface area contributed by atoms with Crippen molar-refractivity contribution in [2.24, 2.45) is 0 Å². The van der Waals surface area contributed by atoms with E-state index in [-0.39, 0.29) is 11.9 Å². The molecule has 104 valence electrons. The van der Waals surface area contributed by atoms with Crippen LogP contribution in [0.5, 0.6) is 0 Å². The zero-order valence-corrected chi connectivity index (χ0v) is 13.3. The number of hydrogen-bond donors (Lipinski definition) is 1. The first-order valence-corrected chi connectivity index (χ1v) is 7.99. The fourth-order valence-electron chi connectivity index (χ4n) is 2.55. The van der Waals surface area contributed by atoms with Gasteiger partial charge in [0.1, 0.15) is 0 Å². The Morgan fingerprint density at radius 1 is 1.68 bits per heavy atom. The maximum absolute atomic E-state index is 12.1. The minimum absolute atomic E-state index is 0.0835. The second-order valence-corrected chi connectivity index (χ2v) is 7.06. The first-order chi connectivity index (χ1) is 9.02. The molecule has 1 aromatic heterocycles. The first kappa shape index (κ1) is 14.8. The molecule has 1 aliphatic rings. The Morgan fingerprint density at radius 3 is 2.89 bits per heavy atom. The quantitative estimate of drug-likeness (QED) is 0.852. The number of aryl methyl sites for hydroxylation is 1. The molecule has 0 saturated heterocycles. The summed E-state index contributed by atoms with van der Waals surface area (Å²) in [4.78, 5) is 16.1. The van der Waals surface area contributed by atoms with Crippen molar-refractivity contribution in [2.75, 3.05) is 0 Å². The highest BCUT2D eigenvalue weighted by Crippen LogP contribution is 2.31. The zero-order chi connectivity index (χ0) is 14.0. The number of aliphatic hydroxyl groups excluding tert-OH is 1. The summed E-state index contributed by atoms with van der Waals surface area (Å²) >= 11 is 5.20. The van der Waals surface area contributed by atoms with Crippen LogP contribution in [-0.2, 0) is 11.3 Å². The van der Waals surface area contributed by atoms with E-state index >= 15 is 0 Å². The van der Waals surface area contributed by atoms with E-state index in [2.05, 4.69) is 28.6 Å². The van der Waals surface area contributed by atoms with E-state index in [4.69, 9.17) is 0 Å². The second-order valence-electron chi connectivity index (χ2n) is 4.86. The van der Waals surface area contributed by atoms with Gasteiger partial charge in [0, 0.05) is 14.2 Å². The minimum atomic E-state index is -0.413. The van der Waals surface area contributed by atoms with Crippen molar-refractivity contribution in [3.63, 3.8) is 0 Å². The highest BCUT2D eigenvalue weighted by molar-refractivity contribution is 9.10. The lowest BCUT2D eigenvalue weighted by Crippen LogP contribution is -2.43. The molecule has 19 heavy (non-hydrogen) atoms. The van der Waals surface area contributed by atoms with Gasteiger partial charge in [0.25, 0.3) is 0 Å². The molecule has 1 heterocycles. The molecule has 0 radical (unpaired) electrons. The third-order valence-electron chi connectivity index (χ3n) is 3.50. The van der Waals surface area contributed by atoms with E-state index in [1.165, 1.54) is 11.0 Å². The van der Waals surface area contributed by atoms with Gasteiger partial charge < -0.3 is 10.0 Å². The number of nitrogens with zero attached hydrogens (tertiary/aromatic N) is 1. The second kappa shape index (κ2) is 6.20. The minimum Gasteiger partial charge on any atom is -0.391 e. The monoisotopic (exact) mass is 343 g/mol. The third kappa shape index (κ3) is 3.27. The molecular weight excluding hydrogens is 326 g/mol. The molecular formula is C14H18BrNO2S. The summed E-state index contributed by atoms with van der Waals surface area (Å²) in [5, 5.41) is 10.0. The van der Waals surface area contributed by atoms with Crippen LogP contribution in [-0.4, -0.2) is 28.1 Å². The molecule has 0 aromatic carbocycles. The van der Waals surface area contributed by atoms with Gasteiger partial charge in [-0.2, -0.15) is 0 Å². The van der Waals surface area contributed by atoms with Crippen LogP contribution >= 0.6 is 27.3 Å². The van der Waals surface area contributed by atoms with Crippen molar-refractivity contribution < 1.29 is 9.90 Å². The van der Waals surface area contributed by atoms with Crippen molar-refractivity contribution in [1.29, 1.82) is 0 Å². The lowest BCUT2D eigenvalue weighted by Gasteiger charge is -2.30. The number of halogens is 1. The van der Waals surface area contributed by atoms with Crippen molar-refractivity contribution in [1.82, 2.24) is 4.90 Å². The van der Waals surface area contributed by atoms with Crippen LogP contribution < -0.4 is 0 Å². The highest BCUT2D eigenvalue weighted by Gasteiger charge is 2.33. The Morgan fingerprint density at radius 2 is 2.42 bits per heavy atom. The van der Waals surface area contributed by atoms with E-state index in [1.807, 2.05) is 6.92 Å². The van der Waals surface area contributed by atoms with Crippen LogP contribution in [0.3, 0.4) is 0 Å². The molecule has 1 aromatic rings. The Balaban J connectivity index is 2.21. The molecule has 2 rings (SSSR count). The summed E-state index contributed by atoms with van der Waals surface area (Å²) in [5.74, 6) is -0.107. The van der Waals surface area contributed by atoms with E-state index in [0.717, 1.165) is 28.6 Å². The maximum atomic E-state index is 12.1. The van der Waals surface area contributed by atoms with Crippen molar-refractivity contribution in [3.05, 3.63) is 32.9 Å². The normalized spacial score (nSPS) is 22.5. The van der Waals surface area contributed by atoms with Gasteiger partial charge in [-0.1, -0.05) is 6.58 Å². The largest absolute Gasteiger partial charge is 0.391 e. The number of carbonyl (C=O) groups excluding carboxylic acids is 1. The van der Waals surface area contributed by atoms with E-state index in [9.17, 15) is 9.90 Å². The van der Waals surface area contributed by atoms with Gasteiger partial charge in [-0.3, -0.25) is 4.79 Å². The molecule has 0 spiro atoms. The van der Waals surface area contributed by atoms with Gasteiger partial charge in [-0.05, 0) is 54.3 Å². The predicted octanol–water partition coefficient (Wildman–Crippen LogP) is 3.25. The van der Waals surface area contributed by atoms with Crippen molar-refractivity contribution >= 4 is 33.2 Å². The van der Waals surface area contributed by atoms with Crippen molar-refractivity contribution in [3.8, 4) is 0 Å². The molecule has 1 fully saturated rings. The molecule has 1 N–H and O–H groups in total. The van der Waals surface area contributed by atoms with Crippen LogP contribution in [0.25, 0.3) is 0 Å². The smallest absolute Gasteiger partial charge is 0.246 e. The molecule has 0 unspecified atom stereocenters. The summed E-state index contributed by atoms with van der Waals surface area (Å²) in [6.45, 7) is 6.14. The fraction of sp³-hybridized carbons (Fsp3) is 0.500. The Labute approximate surface area is 126 Å². The van der Waals surface area contributed by atoms with E-state index in [1.54, 1.807) is 16.2 Å². The molecule has 0 aliphatic heterocycles. The van der Waals surface area contributed by atoms with E-state index < -0.39 is 6.10 Å². The van der Waals surface area contributed by atoms with E-state index in [0.29, 0.717) is 6.54 Å². The van der Waals surface area contributed by atoms with Crippen LogP contribution in [0.2, 0.25) is 0 Å². The van der Waals surface area contributed by atoms with Crippen LogP contribution in [0.1, 0.15) is 29.0 Å². The molecule has 5 heteroatoms. The van der Waals surface area contributed by atoms with Gasteiger partial charge in [0.05, 0.1) is 18.7 Å². The highest BCUT2D eigenvalue weighted by atomic mass is 79.9. The lowest BCUT2D eigenvalue weighted by molar-refractivity contribution is -0.130. The zero-order valence-electron chi connectivity index (χ0n) is 10.9. The Bertz CT molecular complexity index is 486. The summed E-state index contributed by atoms with van der Waals surface area (Å²) in [6, 6.07) is 1.97. The topological polar surface area (TPSA) is 40.5 Å². The summed E-state index contributed by atoms with van der Waals surface area (Å²) in [6.07, 6.45) is 3.53. The van der Waals surface area contributed by atoms with Crippen LogP contribution in [0, 0.1) is 6.92 Å². The number of carbonyl (C=O) groups is 1. The standard InChI is InChI=1S/C14H18BrNO2S/c1-3-14(18)16(11-5-4-6-12(11)17)8-13-10(15)7-9(2)19-13/h3,7,11-12,17H,1,4-6,8H2,2H3/t11-,12-/m1/s1. The number of amides is 1. The van der Waals surface area contributed by atoms with Crippen LogP contribution in [0.4, 0.5) is 0 Å². The first-order valence-electron chi connectivity index (χ1n) is 6.39. The van der Waals surface area contributed by atoms with Gasteiger partial charge >= 0.3 is 0 Å². The predicted molar refractivity (Wildman–Crippen MR) is 81.1 cm³/mol. The third-order valence-corrected chi connectivity index (χ3v) is 5.50. The Kier molecular flexibility index (Phi) is 4.81. The summed E-state index contributed by atoms with van der Waals surface area (Å²) in [5.41, 5.74) is 0. The van der Waals surface area contributed by atoms with Crippen LogP contribution in [0.15, 0.2) is 23.2 Å². The molecule has 1 aliphatic carbocycles. The van der Waals surface area contributed by atoms with Gasteiger partial charge in [-0.15, -0.1) is 11.3 Å². The average Bonchev–Trinajstić information content (AvgIpc) is 2.91. The number of aliphatic hydroxyl groups is 1. The molecule has 3 nitrogen and oxygen atoms in total. The average molecular weight is 344 g/mol.